The second-order valence-corrected chi connectivity index (χ2v) is 5.06. The van der Waals surface area contributed by atoms with Crippen LogP contribution in [0.15, 0.2) is 0 Å². The Hall–Kier alpha value is -0.120. The molecule has 2 rings (SSSR count). The first-order valence-electron chi connectivity index (χ1n) is 6.83. The molecule has 0 aliphatic carbocycles. The molecule has 16 heavy (non-hydrogen) atoms. The lowest BCUT2D eigenvalue weighted by atomic mass is 10.0. The highest BCUT2D eigenvalue weighted by Crippen LogP contribution is 2.17. The summed E-state index contributed by atoms with van der Waals surface area (Å²) in [6.45, 7) is 5.17. The second-order valence-electron chi connectivity index (χ2n) is 5.06. The SMILES string of the molecule is CC1OCCC1NCCCC1CCCCO1. The summed E-state index contributed by atoms with van der Waals surface area (Å²) in [6, 6.07) is 0.576. The lowest BCUT2D eigenvalue weighted by Crippen LogP contribution is -2.35. The fraction of sp³-hybridized carbons (Fsp3) is 1.00. The summed E-state index contributed by atoms with van der Waals surface area (Å²) < 4.78 is 11.2. The van der Waals surface area contributed by atoms with Gasteiger partial charge < -0.3 is 14.8 Å². The highest BCUT2D eigenvalue weighted by atomic mass is 16.5. The van der Waals surface area contributed by atoms with Gasteiger partial charge in [0.1, 0.15) is 0 Å². The summed E-state index contributed by atoms with van der Waals surface area (Å²) in [6.07, 6.45) is 8.42. The molecule has 3 atom stereocenters. The van der Waals surface area contributed by atoms with E-state index in [1.165, 1.54) is 38.5 Å². The van der Waals surface area contributed by atoms with Gasteiger partial charge in [-0.15, -0.1) is 0 Å². The van der Waals surface area contributed by atoms with Crippen LogP contribution in [0.4, 0.5) is 0 Å². The van der Waals surface area contributed by atoms with Crippen LogP contribution >= 0.6 is 0 Å². The van der Waals surface area contributed by atoms with Gasteiger partial charge in [0, 0.05) is 19.3 Å². The minimum Gasteiger partial charge on any atom is -0.378 e. The van der Waals surface area contributed by atoms with Crippen LogP contribution in [-0.4, -0.2) is 38.0 Å². The summed E-state index contributed by atoms with van der Waals surface area (Å²) in [5, 5.41) is 3.59. The number of ether oxygens (including phenoxy) is 2. The van der Waals surface area contributed by atoms with E-state index in [0.29, 0.717) is 18.2 Å². The van der Waals surface area contributed by atoms with Crippen molar-refractivity contribution in [2.75, 3.05) is 19.8 Å². The molecule has 0 bridgehead atoms. The molecule has 2 saturated heterocycles. The Kier molecular flexibility index (Phi) is 5.07. The zero-order valence-electron chi connectivity index (χ0n) is 10.4. The number of hydrogen-bond donors (Lipinski definition) is 1. The van der Waals surface area contributed by atoms with E-state index in [4.69, 9.17) is 9.47 Å². The fourth-order valence-corrected chi connectivity index (χ4v) is 2.65. The molecule has 3 unspecified atom stereocenters. The van der Waals surface area contributed by atoms with Gasteiger partial charge in [-0.25, -0.2) is 0 Å². The molecule has 0 radical (unpaired) electrons. The molecule has 2 fully saturated rings. The van der Waals surface area contributed by atoms with Gasteiger partial charge >= 0.3 is 0 Å². The van der Waals surface area contributed by atoms with Crippen molar-refractivity contribution in [1.82, 2.24) is 5.32 Å². The van der Waals surface area contributed by atoms with Crippen molar-refractivity contribution >= 4 is 0 Å². The van der Waals surface area contributed by atoms with Gasteiger partial charge in [-0.1, -0.05) is 0 Å². The largest absolute Gasteiger partial charge is 0.378 e. The zero-order chi connectivity index (χ0) is 11.2. The molecule has 0 saturated carbocycles. The van der Waals surface area contributed by atoms with Crippen molar-refractivity contribution in [2.45, 2.75) is 63.7 Å². The first-order valence-corrected chi connectivity index (χ1v) is 6.83. The highest BCUT2D eigenvalue weighted by molar-refractivity contribution is 4.79. The zero-order valence-corrected chi connectivity index (χ0v) is 10.4. The highest BCUT2D eigenvalue weighted by Gasteiger charge is 2.23. The van der Waals surface area contributed by atoms with Crippen molar-refractivity contribution in [1.29, 1.82) is 0 Å². The van der Waals surface area contributed by atoms with E-state index in [2.05, 4.69) is 12.2 Å². The van der Waals surface area contributed by atoms with Crippen molar-refractivity contribution in [3.05, 3.63) is 0 Å². The standard InChI is InChI=1S/C13H25NO2/c1-11-13(7-10-15-11)14-8-4-6-12-5-2-3-9-16-12/h11-14H,2-10H2,1H3. The molecule has 3 heteroatoms. The molecule has 0 spiro atoms. The van der Waals surface area contributed by atoms with Crippen LogP contribution < -0.4 is 5.32 Å². The van der Waals surface area contributed by atoms with Gasteiger partial charge in [0.05, 0.1) is 12.2 Å². The molecule has 3 nitrogen and oxygen atoms in total. The Morgan fingerprint density at radius 3 is 2.75 bits per heavy atom. The monoisotopic (exact) mass is 227 g/mol. The van der Waals surface area contributed by atoms with Crippen LogP contribution in [0.25, 0.3) is 0 Å². The van der Waals surface area contributed by atoms with Gasteiger partial charge in [-0.05, 0) is 52.0 Å². The van der Waals surface area contributed by atoms with Crippen molar-refractivity contribution < 1.29 is 9.47 Å². The van der Waals surface area contributed by atoms with Crippen LogP contribution in [0.2, 0.25) is 0 Å². The molecular formula is C13H25NO2. The van der Waals surface area contributed by atoms with Gasteiger partial charge in [0.15, 0.2) is 0 Å². The molecule has 2 aliphatic heterocycles. The third-order valence-electron chi connectivity index (χ3n) is 3.76. The maximum absolute atomic E-state index is 5.72. The number of hydrogen-bond acceptors (Lipinski definition) is 3. The van der Waals surface area contributed by atoms with E-state index in [9.17, 15) is 0 Å². The van der Waals surface area contributed by atoms with Crippen LogP contribution in [0.1, 0.15) is 45.4 Å². The second kappa shape index (κ2) is 6.58. The summed E-state index contributed by atoms with van der Waals surface area (Å²) in [5.74, 6) is 0. The third-order valence-corrected chi connectivity index (χ3v) is 3.76. The van der Waals surface area contributed by atoms with E-state index >= 15 is 0 Å². The normalized spacial score (nSPS) is 35.4. The van der Waals surface area contributed by atoms with Crippen molar-refractivity contribution in [2.24, 2.45) is 0 Å². The van der Waals surface area contributed by atoms with E-state index in [0.717, 1.165) is 19.8 Å². The summed E-state index contributed by atoms with van der Waals surface area (Å²) in [5.41, 5.74) is 0. The molecule has 0 aromatic rings. The third kappa shape index (κ3) is 3.72. The number of nitrogens with one attached hydrogen (secondary N) is 1. The van der Waals surface area contributed by atoms with Crippen LogP contribution in [0, 0.1) is 0 Å². The van der Waals surface area contributed by atoms with E-state index in [1.807, 2.05) is 0 Å². The van der Waals surface area contributed by atoms with E-state index in [1.54, 1.807) is 0 Å². The van der Waals surface area contributed by atoms with Crippen molar-refractivity contribution in [3.63, 3.8) is 0 Å². The topological polar surface area (TPSA) is 30.5 Å². The van der Waals surface area contributed by atoms with Gasteiger partial charge in [0.25, 0.3) is 0 Å². The van der Waals surface area contributed by atoms with Gasteiger partial charge in [-0.2, -0.15) is 0 Å². The average Bonchev–Trinajstić information content (AvgIpc) is 2.72. The molecule has 2 heterocycles. The predicted molar refractivity (Wildman–Crippen MR) is 64.6 cm³/mol. The van der Waals surface area contributed by atoms with E-state index < -0.39 is 0 Å². The summed E-state index contributed by atoms with van der Waals surface area (Å²) in [4.78, 5) is 0. The summed E-state index contributed by atoms with van der Waals surface area (Å²) in [7, 11) is 0. The van der Waals surface area contributed by atoms with E-state index in [-0.39, 0.29) is 0 Å². The Morgan fingerprint density at radius 2 is 2.06 bits per heavy atom. The summed E-state index contributed by atoms with van der Waals surface area (Å²) >= 11 is 0. The first-order chi connectivity index (χ1) is 7.86. The van der Waals surface area contributed by atoms with Crippen LogP contribution in [-0.2, 0) is 9.47 Å². The van der Waals surface area contributed by atoms with Crippen LogP contribution in [0.5, 0.6) is 0 Å². The average molecular weight is 227 g/mol. The predicted octanol–water partition coefficient (Wildman–Crippen LogP) is 2.10. The molecule has 1 N–H and O–H groups in total. The first kappa shape index (κ1) is 12.3. The molecular weight excluding hydrogens is 202 g/mol. The lowest BCUT2D eigenvalue weighted by molar-refractivity contribution is 0.0100. The minimum absolute atomic E-state index is 0.394. The maximum Gasteiger partial charge on any atom is 0.0700 e. The Balaban J connectivity index is 1.51. The van der Waals surface area contributed by atoms with Crippen molar-refractivity contribution in [3.8, 4) is 0 Å². The Labute approximate surface area is 98.9 Å². The smallest absolute Gasteiger partial charge is 0.0700 e. The fourth-order valence-electron chi connectivity index (χ4n) is 2.65. The minimum atomic E-state index is 0.394. The molecule has 0 aromatic carbocycles. The van der Waals surface area contributed by atoms with Crippen LogP contribution in [0.3, 0.4) is 0 Å². The molecule has 2 aliphatic rings. The molecule has 0 amide bonds. The lowest BCUT2D eigenvalue weighted by Gasteiger charge is -2.23. The van der Waals surface area contributed by atoms with Gasteiger partial charge in [0.2, 0.25) is 0 Å². The van der Waals surface area contributed by atoms with Gasteiger partial charge in [-0.3, -0.25) is 0 Å². The quantitative estimate of drug-likeness (QED) is 0.730. The Morgan fingerprint density at radius 1 is 1.12 bits per heavy atom. The number of rotatable bonds is 5. The molecule has 94 valence electrons. The Bertz CT molecular complexity index is 192. The molecule has 0 aromatic heterocycles. The maximum atomic E-state index is 5.72.